The summed E-state index contributed by atoms with van der Waals surface area (Å²) in [6.45, 7) is 2.22. The molecule has 4 heteroatoms. The van der Waals surface area contributed by atoms with Crippen molar-refractivity contribution in [3.05, 3.63) is 0 Å². The van der Waals surface area contributed by atoms with Gasteiger partial charge in [0, 0.05) is 4.83 Å². The summed E-state index contributed by atoms with van der Waals surface area (Å²) in [5, 5.41) is 0. The second-order valence-electron chi connectivity index (χ2n) is 4.88. The first-order valence-electron chi connectivity index (χ1n) is 6.39. The van der Waals surface area contributed by atoms with E-state index in [4.69, 9.17) is 0 Å². The molecule has 1 saturated heterocycles. The molecule has 16 heavy (non-hydrogen) atoms. The molecule has 96 valence electrons. The summed E-state index contributed by atoms with van der Waals surface area (Å²) >= 11 is 3.66. The molecule has 1 heterocycles. The second kappa shape index (κ2) is 7.00. The average Bonchev–Trinajstić information content (AvgIpc) is 2.58. The highest BCUT2D eigenvalue weighted by atomic mass is 79.9. The molecule has 0 radical (unpaired) electrons. The Morgan fingerprint density at radius 3 is 2.50 bits per heavy atom. The van der Waals surface area contributed by atoms with E-state index in [9.17, 15) is 8.42 Å². The summed E-state index contributed by atoms with van der Waals surface area (Å²) in [4.78, 5) is 0.409. The Kier molecular flexibility index (Phi) is 6.34. The molecule has 2 nitrogen and oxygen atoms in total. The van der Waals surface area contributed by atoms with Crippen molar-refractivity contribution in [2.45, 2.75) is 56.7 Å². The van der Waals surface area contributed by atoms with Crippen molar-refractivity contribution in [3.63, 3.8) is 0 Å². The minimum atomic E-state index is -2.71. The van der Waals surface area contributed by atoms with Crippen LogP contribution in [0, 0.1) is 5.92 Å². The van der Waals surface area contributed by atoms with E-state index in [1.807, 2.05) is 0 Å². The SMILES string of the molecule is CCCCCCCC(Br)C1CCS(=O)(=O)C1. The molecule has 2 unspecified atom stereocenters. The molecule has 1 fully saturated rings. The van der Waals surface area contributed by atoms with Crippen LogP contribution in [-0.4, -0.2) is 24.8 Å². The van der Waals surface area contributed by atoms with Gasteiger partial charge in [-0.1, -0.05) is 55.0 Å². The molecular weight excluding hydrogens is 288 g/mol. The lowest BCUT2D eigenvalue weighted by molar-refractivity contribution is 0.509. The zero-order valence-corrected chi connectivity index (χ0v) is 12.5. The summed E-state index contributed by atoms with van der Waals surface area (Å²) in [5.41, 5.74) is 0. The molecular formula is C12H23BrO2S. The molecule has 0 saturated carbocycles. The van der Waals surface area contributed by atoms with Crippen molar-refractivity contribution in [2.24, 2.45) is 5.92 Å². The highest BCUT2D eigenvalue weighted by Gasteiger charge is 2.31. The third-order valence-corrected chi connectivity index (χ3v) is 6.36. The molecule has 1 aliphatic heterocycles. The van der Waals surface area contributed by atoms with Gasteiger partial charge >= 0.3 is 0 Å². The Labute approximate surface area is 108 Å². The fraction of sp³-hybridized carbons (Fsp3) is 1.00. The van der Waals surface area contributed by atoms with Gasteiger partial charge in [0.15, 0.2) is 9.84 Å². The van der Waals surface area contributed by atoms with Crippen LogP contribution in [-0.2, 0) is 9.84 Å². The van der Waals surface area contributed by atoms with Gasteiger partial charge in [0.1, 0.15) is 0 Å². The standard InChI is InChI=1S/C12H23BrO2S/c1-2-3-4-5-6-7-12(13)11-8-9-16(14,15)10-11/h11-12H,2-10H2,1H3. The highest BCUT2D eigenvalue weighted by molar-refractivity contribution is 9.09. The second-order valence-corrected chi connectivity index (χ2v) is 8.29. The lowest BCUT2D eigenvalue weighted by Gasteiger charge is -2.15. The topological polar surface area (TPSA) is 34.1 Å². The van der Waals surface area contributed by atoms with Gasteiger partial charge in [-0.05, 0) is 18.8 Å². The van der Waals surface area contributed by atoms with Crippen molar-refractivity contribution < 1.29 is 8.42 Å². The maximum absolute atomic E-state index is 11.3. The minimum absolute atomic E-state index is 0.358. The molecule has 2 atom stereocenters. The molecule has 1 rings (SSSR count). The predicted octanol–water partition coefficient (Wildman–Crippen LogP) is 3.55. The van der Waals surface area contributed by atoms with Crippen LogP contribution in [0.3, 0.4) is 0 Å². The third kappa shape index (κ3) is 5.17. The molecule has 0 aromatic heterocycles. The van der Waals surface area contributed by atoms with Crippen molar-refractivity contribution in [1.82, 2.24) is 0 Å². The molecule has 0 aliphatic carbocycles. The van der Waals surface area contributed by atoms with Crippen LogP contribution in [0.15, 0.2) is 0 Å². The fourth-order valence-electron chi connectivity index (χ4n) is 2.29. The summed E-state index contributed by atoms with van der Waals surface area (Å²) in [5.74, 6) is 1.16. The van der Waals surface area contributed by atoms with E-state index >= 15 is 0 Å². The van der Waals surface area contributed by atoms with Crippen LogP contribution in [0.1, 0.15) is 51.9 Å². The number of hydrogen-bond donors (Lipinski definition) is 0. The molecule has 0 amide bonds. The zero-order valence-electron chi connectivity index (χ0n) is 10.1. The number of alkyl halides is 1. The normalized spacial score (nSPS) is 25.8. The molecule has 0 spiro atoms. The maximum atomic E-state index is 11.3. The summed E-state index contributed by atoms with van der Waals surface area (Å²) in [6, 6.07) is 0. The predicted molar refractivity (Wildman–Crippen MR) is 72.9 cm³/mol. The van der Waals surface area contributed by atoms with E-state index in [-0.39, 0.29) is 0 Å². The van der Waals surface area contributed by atoms with Gasteiger partial charge in [0.25, 0.3) is 0 Å². The van der Waals surface area contributed by atoms with Gasteiger partial charge in [-0.25, -0.2) is 8.42 Å². The van der Waals surface area contributed by atoms with Crippen LogP contribution in [0.4, 0.5) is 0 Å². The van der Waals surface area contributed by atoms with Gasteiger partial charge in [0.05, 0.1) is 11.5 Å². The van der Waals surface area contributed by atoms with E-state index in [2.05, 4.69) is 22.9 Å². The van der Waals surface area contributed by atoms with E-state index in [0.717, 1.165) is 12.8 Å². The van der Waals surface area contributed by atoms with Gasteiger partial charge in [0.2, 0.25) is 0 Å². The molecule has 0 bridgehead atoms. The van der Waals surface area contributed by atoms with E-state index in [1.165, 1.54) is 32.1 Å². The van der Waals surface area contributed by atoms with Crippen LogP contribution in [0.2, 0.25) is 0 Å². The first-order valence-corrected chi connectivity index (χ1v) is 9.13. The molecule has 0 N–H and O–H groups in total. The summed E-state index contributed by atoms with van der Waals surface area (Å²) in [7, 11) is -2.71. The van der Waals surface area contributed by atoms with Gasteiger partial charge in [-0.2, -0.15) is 0 Å². The monoisotopic (exact) mass is 310 g/mol. The maximum Gasteiger partial charge on any atom is 0.150 e. The Morgan fingerprint density at radius 2 is 1.94 bits per heavy atom. The first kappa shape index (κ1) is 14.5. The summed E-state index contributed by atoms with van der Waals surface area (Å²) < 4.78 is 22.7. The quantitative estimate of drug-likeness (QED) is 0.532. The lowest BCUT2D eigenvalue weighted by atomic mass is 10.00. The third-order valence-electron chi connectivity index (χ3n) is 3.36. The van der Waals surface area contributed by atoms with Crippen molar-refractivity contribution in [3.8, 4) is 0 Å². The Morgan fingerprint density at radius 1 is 1.25 bits per heavy atom. The van der Waals surface area contributed by atoms with Crippen LogP contribution in [0.25, 0.3) is 0 Å². The van der Waals surface area contributed by atoms with E-state index in [0.29, 0.717) is 22.3 Å². The van der Waals surface area contributed by atoms with Crippen molar-refractivity contribution >= 4 is 25.8 Å². The molecule has 0 aromatic carbocycles. The first-order chi connectivity index (χ1) is 7.55. The van der Waals surface area contributed by atoms with Gasteiger partial charge < -0.3 is 0 Å². The van der Waals surface area contributed by atoms with Crippen molar-refractivity contribution in [2.75, 3.05) is 11.5 Å². The number of sulfone groups is 1. The highest BCUT2D eigenvalue weighted by Crippen LogP contribution is 2.29. The van der Waals surface area contributed by atoms with Crippen LogP contribution >= 0.6 is 15.9 Å². The number of hydrogen-bond acceptors (Lipinski definition) is 2. The van der Waals surface area contributed by atoms with E-state index in [1.54, 1.807) is 0 Å². The Balaban J connectivity index is 2.14. The smallest absolute Gasteiger partial charge is 0.150 e. The molecule has 1 aliphatic rings. The Hall–Kier alpha value is 0.430. The fourth-order valence-corrected chi connectivity index (χ4v) is 5.19. The average molecular weight is 311 g/mol. The Bertz CT molecular complexity index is 287. The lowest BCUT2D eigenvalue weighted by Crippen LogP contribution is -2.15. The molecule has 0 aromatic rings. The number of rotatable bonds is 7. The van der Waals surface area contributed by atoms with E-state index < -0.39 is 9.84 Å². The van der Waals surface area contributed by atoms with Gasteiger partial charge in [-0.15, -0.1) is 0 Å². The van der Waals surface area contributed by atoms with Crippen LogP contribution in [0.5, 0.6) is 0 Å². The van der Waals surface area contributed by atoms with Crippen LogP contribution < -0.4 is 0 Å². The zero-order chi connectivity index (χ0) is 12.0. The van der Waals surface area contributed by atoms with Gasteiger partial charge in [-0.3, -0.25) is 0 Å². The summed E-state index contributed by atoms with van der Waals surface area (Å²) in [6.07, 6.45) is 8.42. The number of halogens is 1. The largest absolute Gasteiger partial charge is 0.229 e. The number of unbranched alkanes of at least 4 members (excludes halogenated alkanes) is 4. The van der Waals surface area contributed by atoms with Crippen molar-refractivity contribution in [1.29, 1.82) is 0 Å². The minimum Gasteiger partial charge on any atom is -0.229 e.